The molecule has 0 saturated heterocycles. The Bertz CT molecular complexity index is 1330. The molecule has 1 unspecified atom stereocenters. The van der Waals surface area contributed by atoms with Crippen molar-refractivity contribution in [1.29, 1.82) is 0 Å². The Morgan fingerprint density at radius 2 is 1.63 bits per heavy atom. The SMILES string of the molecule is CC(C)(O)c1ccc(C(C)(C)c2nnc(-c3cnn4c3NC(c3ccccc3)CC4(C)C)o2)cc1. The second-order valence-corrected chi connectivity index (χ2v) is 11.1. The van der Waals surface area contributed by atoms with Crippen LogP contribution in [0.2, 0.25) is 0 Å². The molecule has 182 valence electrons. The van der Waals surface area contributed by atoms with Crippen molar-refractivity contribution in [3.63, 3.8) is 0 Å². The third-order valence-corrected chi connectivity index (χ3v) is 7.06. The number of hydrogen-bond donors (Lipinski definition) is 2. The number of benzene rings is 2. The minimum atomic E-state index is -0.889. The van der Waals surface area contributed by atoms with E-state index in [2.05, 4.69) is 72.6 Å². The van der Waals surface area contributed by atoms with Crippen molar-refractivity contribution in [1.82, 2.24) is 20.0 Å². The molecular weight excluding hydrogens is 438 g/mol. The van der Waals surface area contributed by atoms with E-state index in [9.17, 15) is 5.11 Å². The molecule has 2 N–H and O–H groups in total. The van der Waals surface area contributed by atoms with E-state index in [-0.39, 0.29) is 11.6 Å². The monoisotopic (exact) mass is 471 g/mol. The van der Waals surface area contributed by atoms with E-state index in [0.29, 0.717) is 11.8 Å². The van der Waals surface area contributed by atoms with Gasteiger partial charge in [-0.25, -0.2) is 4.68 Å². The molecule has 35 heavy (non-hydrogen) atoms. The first-order valence-electron chi connectivity index (χ1n) is 12.0. The number of hydrogen-bond acceptors (Lipinski definition) is 6. The lowest BCUT2D eigenvalue weighted by molar-refractivity contribution is 0.0785. The summed E-state index contributed by atoms with van der Waals surface area (Å²) in [7, 11) is 0. The largest absolute Gasteiger partial charge is 0.420 e. The maximum absolute atomic E-state index is 10.3. The molecule has 0 fully saturated rings. The van der Waals surface area contributed by atoms with Crippen molar-refractivity contribution in [2.75, 3.05) is 5.32 Å². The van der Waals surface area contributed by atoms with Gasteiger partial charge in [0.05, 0.1) is 28.8 Å². The summed E-state index contributed by atoms with van der Waals surface area (Å²) in [5.74, 6) is 1.86. The molecule has 7 nitrogen and oxygen atoms in total. The van der Waals surface area contributed by atoms with Crippen molar-refractivity contribution in [3.05, 3.63) is 83.4 Å². The number of anilines is 1. The fourth-order valence-electron chi connectivity index (χ4n) is 4.79. The second-order valence-electron chi connectivity index (χ2n) is 11.1. The van der Waals surface area contributed by atoms with Crippen LogP contribution in [0, 0.1) is 0 Å². The summed E-state index contributed by atoms with van der Waals surface area (Å²) < 4.78 is 8.28. The van der Waals surface area contributed by atoms with Crippen LogP contribution in [0.25, 0.3) is 11.5 Å². The van der Waals surface area contributed by atoms with E-state index >= 15 is 0 Å². The predicted octanol–water partition coefficient (Wildman–Crippen LogP) is 5.78. The van der Waals surface area contributed by atoms with Crippen LogP contribution in [0.1, 0.15) is 76.6 Å². The topological polar surface area (TPSA) is 89.0 Å². The summed E-state index contributed by atoms with van der Waals surface area (Å²) in [5.41, 5.74) is 2.35. The average Bonchev–Trinajstić information content (AvgIpc) is 3.47. The Balaban J connectivity index is 1.48. The highest BCUT2D eigenvalue weighted by molar-refractivity contribution is 5.70. The molecule has 0 bridgehead atoms. The van der Waals surface area contributed by atoms with E-state index < -0.39 is 11.0 Å². The number of rotatable bonds is 5. The Labute approximate surface area is 206 Å². The lowest BCUT2D eigenvalue weighted by atomic mass is 9.83. The Hall–Kier alpha value is -3.45. The van der Waals surface area contributed by atoms with Crippen molar-refractivity contribution >= 4 is 5.82 Å². The van der Waals surface area contributed by atoms with Gasteiger partial charge in [-0.2, -0.15) is 5.10 Å². The van der Waals surface area contributed by atoms with Crippen molar-refractivity contribution < 1.29 is 9.52 Å². The van der Waals surface area contributed by atoms with Gasteiger partial charge in [0.2, 0.25) is 5.89 Å². The summed E-state index contributed by atoms with van der Waals surface area (Å²) >= 11 is 0. The third-order valence-electron chi connectivity index (χ3n) is 7.06. The lowest BCUT2D eigenvalue weighted by Gasteiger charge is -2.38. The standard InChI is InChI=1S/C28H33N5O2/c1-26(2)16-22(18-10-8-7-9-11-18)30-23-21(17-29-33(23)26)24-31-32-25(35-24)27(3,4)19-12-14-20(15-13-19)28(5,6)34/h7-15,17,22,30,34H,16H2,1-6H3. The number of nitrogens with zero attached hydrogens (tertiary/aromatic N) is 4. The van der Waals surface area contributed by atoms with Crippen molar-refractivity contribution in [3.8, 4) is 11.5 Å². The number of nitrogens with one attached hydrogen (secondary N) is 1. The molecule has 0 aliphatic carbocycles. The Morgan fingerprint density at radius 1 is 0.971 bits per heavy atom. The molecule has 3 heterocycles. The number of aliphatic hydroxyl groups is 1. The molecule has 0 radical (unpaired) electrons. The molecule has 1 aliphatic rings. The highest BCUT2D eigenvalue weighted by Gasteiger charge is 2.37. The van der Waals surface area contributed by atoms with Crippen LogP contribution in [0.4, 0.5) is 5.82 Å². The summed E-state index contributed by atoms with van der Waals surface area (Å²) in [5, 5.41) is 27.5. The van der Waals surface area contributed by atoms with E-state index in [1.54, 1.807) is 20.0 Å². The first-order chi connectivity index (χ1) is 16.5. The van der Waals surface area contributed by atoms with Gasteiger partial charge < -0.3 is 14.8 Å². The molecule has 5 rings (SSSR count). The molecular formula is C28H33N5O2. The predicted molar refractivity (Wildman–Crippen MR) is 136 cm³/mol. The molecule has 0 saturated carbocycles. The summed E-state index contributed by atoms with van der Waals surface area (Å²) in [6, 6.07) is 18.5. The Kier molecular flexibility index (Phi) is 5.36. The minimum absolute atomic E-state index is 0.155. The second kappa shape index (κ2) is 8.05. The van der Waals surface area contributed by atoms with E-state index in [1.807, 2.05) is 35.0 Å². The molecule has 2 aromatic heterocycles. The van der Waals surface area contributed by atoms with Gasteiger partial charge in [-0.1, -0.05) is 54.6 Å². The van der Waals surface area contributed by atoms with Gasteiger partial charge >= 0.3 is 0 Å². The van der Waals surface area contributed by atoms with Crippen LogP contribution in [-0.2, 0) is 16.6 Å². The molecule has 7 heteroatoms. The quantitative estimate of drug-likeness (QED) is 0.384. The van der Waals surface area contributed by atoms with Crippen LogP contribution in [0.15, 0.2) is 65.2 Å². The molecule has 2 aromatic carbocycles. The van der Waals surface area contributed by atoms with Crippen molar-refractivity contribution in [2.45, 2.75) is 70.6 Å². The lowest BCUT2D eigenvalue weighted by Crippen LogP contribution is -2.37. The minimum Gasteiger partial charge on any atom is -0.420 e. The van der Waals surface area contributed by atoms with Gasteiger partial charge in [-0.05, 0) is 64.7 Å². The zero-order valence-corrected chi connectivity index (χ0v) is 21.2. The highest BCUT2D eigenvalue weighted by atomic mass is 16.4. The summed E-state index contributed by atoms with van der Waals surface area (Å²) in [4.78, 5) is 0. The smallest absolute Gasteiger partial charge is 0.253 e. The summed E-state index contributed by atoms with van der Waals surface area (Å²) in [6.07, 6.45) is 2.72. The highest BCUT2D eigenvalue weighted by Crippen LogP contribution is 2.43. The first-order valence-corrected chi connectivity index (χ1v) is 12.0. The van der Waals surface area contributed by atoms with Gasteiger partial charge in [0, 0.05) is 0 Å². The molecule has 1 aliphatic heterocycles. The third kappa shape index (κ3) is 4.14. The van der Waals surface area contributed by atoms with Gasteiger partial charge in [-0.3, -0.25) is 0 Å². The van der Waals surface area contributed by atoms with Crippen LogP contribution < -0.4 is 5.32 Å². The fourth-order valence-corrected chi connectivity index (χ4v) is 4.79. The maximum Gasteiger partial charge on any atom is 0.253 e. The van der Waals surface area contributed by atoms with Gasteiger partial charge in [0.15, 0.2) is 0 Å². The van der Waals surface area contributed by atoms with Crippen LogP contribution in [0.3, 0.4) is 0 Å². The number of fused-ring (bicyclic) bond motifs is 1. The van der Waals surface area contributed by atoms with Gasteiger partial charge in [0.25, 0.3) is 5.89 Å². The fraction of sp³-hybridized carbons (Fsp3) is 0.393. The Morgan fingerprint density at radius 3 is 2.29 bits per heavy atom. The van der Waals surface area contributed by atoms with Gasteiger partial charge in [-0.15, -0.1) is 10.2 Å². The zero-order chi connectivity index (χ0) is 25.0. The molecule has 4 aromatic rings. The molecule has 0 spiro atoms. The summed E-state index contributed by atoms with van der Waals surface area (Å²) in [6.45, 7) is 12.1. The van der Waals surface area contributed by atoms with E-state index in [4.69, 9.17) is 4.42 Å². The van der Waals surface area contributed by atoms with Crippen LogP contribution in [0.5, 0.6) is 0 Å². The van der Waals surface area contributed by atoms with Crippen LogP contribution >= 0.6 is 0 Å². The zero-order valence-electron chi connectivity index (χ0n) is 21.2. The first kappa shape index (κ1) is 23.3. The maximum atomic E-state index is 10.3. The normalized spacial score (nSPS) is 17.6. The van der Waals surface area contributed by atoms with Gasteiger partial charge in [0.1, 0.15) is 11.4 Å². The average molecular weight is 472 g/mol. The van der Waals surface area contributed by atoms with E-state index in [0.717, 1.165) is 28.9 Å². The van der Waals surface area contributed by atoms with Crippen molar-refractivity contribution in [2.24, 2.45) is 0 Å². The molecule has 1 atom stereocenters. The van der Waals surface area contributed by atoms with Crippen LogP contribution in [-0.4, -0.2) is 25.1 Å². The molecule has 0 amide bonds. The van der Waals surface area contributed by atoms with E-state index in [1.165, 1.54) is 5.56 Å². The number of aromatic nitrogens is 4.